The van der Waals surface area contributed by atoms with Gasteiger partial charge in [-0.1, -0.05) is 6.42 Å². The van der Waals surface area contributed by atoms with Crippen LogP contribution in [0.3, 0.4) is 0 Å². The third-order valence-corrected chi connectivity index (χ3v) is 4.27. The Morgan fingerprint density at radius 2 is 2.10 bits per heavy atom. The molecule has 0 amide bonds. The van der Waals surface area contributed by atoms with Gasteiger partial charge in [0.25, 0.3) is 0 Å². The van der Waals surface area contributed by atoms with Crippen molar-refractivity contribution >= 4 is 11.5 Å². The van der Waals surface area contributed by atoms with E-state index in [9.17, 15) is 0 Å². The third-order valence-electron chi connectivity index (χ3n) is 4.27. The number of pyridine rings is 1. The fourth-order valence-corrected chi connectivity index (χ4v) is 2.86. The molecular formula is C15H13N5O. The van der Waals surface area contributed by atoms with E-state index in [0.717, 1.165) is 22.8 Å². The fourth-order valence-electron chi connectivity index (χ4n) is 2.86. The van der Waals surface area contributed by atoms with E-state index in [-0.39, 0.29) is 0 Å². The van der Waals surface area contributed by atoms with Crippen molar-refractivity contribution in [2.75, 3.05) is 0 Å². The van der Waals surface area contributed by atoms with Crippen LogP contribution in [-0.4, -0.2) is 24.0 Å². The van der Waals surface area contributed by atoms with E-state index in [0.29, 0.717) is 11.8 Å². The van der Waals surface area contributed by atoms with Crippen molar-refractivity contribution in [2.45, 2.75) is 25.2 Å². The first kappa shape index (κ1) is 11.1. The van der Waals surface area contributed by atoms with Gasteiger partial charge in [-0.2, -0.15) is 0 Å². The highest BCUT2D eigenvalue weighted by molar-refractivity contribution is 5.60. The molecule has 4 aromatic heterocycles. The highest BCUT2D eigenvalue weighted by atomic mass is 16.4. The molecule has 0 saturated heterocycles. The van der Waals surface area contributed by atoms with E-state index in [4.69, 9.17) is 4.42 Å². The molecule has 104 valence electrons. The second-order valence-electron chi connectivity index (χ2n) is 5.54. The van der Waals surface area contributed by atoms with Gasteiger partial charge in [0.2, 0.25) is 0 Å². The molecule has 0 N–H and O–H groups in total. The highest BCUT2D eigenvalue weighted by Crippen LogP contribution is 2.35. The largest absolute Gasteiger partial charge is 0.423 e. The van der Waals surface area contributed by atoms with E-state index < -0.39 is 0 Å². The van der Waals surface area contributed by atoms with Crippen LogP contribution in [0.25, 0.3) is 22.8 Å². The summed E-state index contributed by atoms with van der Waals surface area (Å²) in [6.45, 7) is 0. The lowest BCUT2D eigenvalue weighted by Gasteiger charge is -2.23. The van der Waals surface area contributed by atoms with Crippen LogP contribution in [0, 0.1) is 0 Å². The predicted molar refractivity (Wildman–Crippen MR) is 76.0 cm³/mol. The van der Waals surface area contributed by atoms with Crippen molar-refractivity contribution in [1.29, 1.82) is 0 Å². The molecule has 6 nitrogen and oxygen atoms in total. The first-order valence-corrected chi connectivity index (χ1v) is 7.16. The Morgan fingerprint density at radius 1 is 1.14 bits per heavy atom. The summed E-state index contributed by atoms with van der Waals surface area (Å²) in [7, 11) is 0. The zero-order valence-corrected chi connectivity index (χ0v) is 11.3. The van der Waals surface area contributed by atoms with Crippen LogP contribution in [0.4, 0.5) is 0 Å². The summed E-state index contributed by atoms with van der Waals surface area (Å²) in [4.78, 5) is 4.15. The molecule has 4 aromatic rings. The van der Waals surface area contributed by atoms with Gasteiger partial charge in [-0.15, -0.1) is 10.2 Å². The Balaban J connectivity index is 1.67. The molecule has 1 fully saturated rings. The van der Waals surface area contributed by atoms with Gasteiger partial charge in [0.15, 0.2) is 11.4 Å². The van der Waals surface area contributed by atoms with Gasteiger partial charge in [0.1, 0.15) is 5.82 Å². The van der Waals surface area contributed by atoms with Crippen molar-refractivity contribution in [3.05, 3.63) is 42.7 Å². The maximum atomic E-state index is 5.76. The summed E-state index contributed by atoms with van der Waals surface area (Å²) in [5, 5.41) is 8.60. The van der Waals surface area contributed by atoms with E-state index in [1.807, 2.05) is 28.9 Å². The van der Waals surface area contributed by atoms with Crippen molar-refractivity contribution in [1.82, 2.24) is 24.0 Å². The zero-order chi connectivity index (χ0) is 13.8. The molecular weight excluding hydrogens is 266 g/mol. The smallest absolute Gasteiger partial charge is 0.306 e. The van der Waals surface area contributed by atoms with Crippen LogP contribution in [0.2, 0.25) is 0 Å². The standard InChI is InChI=1S/C15H13N5O/c1-2-10(3-1)14-18-17-13-5-4-11(8-20(13)14)12-9-19-7-6-16-15(19)21-12/h4-10H,1-3H2. The lowest BCUT2D eigenvalue weighted by atomic mass is 9.85. The van der Waals surface area contributed by atoms with E-state index >= 15 is 0 Å². The second-order valence-corrected chi connectivity index (χ2v) is 5.54. The van der Waals surface area contributed by atoms with Crippen LogP contribution in [-0.2, 0) is 0 Å². The molecule has 0 aliphatic heterocycles. The molecule has 21 heavy (non-hydrogen) atoms. The van der Waals surface area contributed by atoms with Crippen molar-refractivity contribution < 1.29 is 4.42 Å². The monoisotopic (exact) mass is 279 g/mol. The lowest BCUT2D eigenvalue weighted by molar-refractivity contribution is 0.399. The molecule has 1 aliphatic rings. The maximum Gasteiger partial charge on any atom is 0.306 e. The summed E-state index contributed by atoms with van der Waals surface area (Å²) >= 11 is 0. The second kappa shape index (κ2) is 3.94. The summed E-state index contributed by atoms with van der Waals surface area (Å²) in [5.74, 6) is 3.01. The van der Waals surface area contributed by atoms with Crippen LogP contribution >= 0.6 is 0 Å². The van der Waals surface area contributed by atoms with Crippen LogP contribution in [0.1, 0.15) is 31.0 Å². The minimum atomic E-state index is 0.546. The van der Waals surface area contributed by atoms with Gasteiger partial charge >= 0.3 is 5.84 Å². The molecule has 0 unspecified atom stereocenters. The van der Waals surface area contributed by atoms with E-state index in [1.165, 1.54) is 19.3 Å². The number of oxazole rings is 1. The average Bonchev–Trinajstić information content (AvgIpc) is 3.10. The first-order valence-electron chi connectivity index (χ1n) is 7.16. The third kappa shape index (κ3) is 1.55. The highest BCUT2D eigenvalue weighted by Gasteiger charge is 2.24. The topological polar surface area (TPSA) is 60.6 Å². The van der Waals surface area contributed by atoms with Gasteiger partial charge in [-0.3, -0.25) is 8.80 Å². The normalized spacial score (nSPS) is 15.8. The number of hydrogen-bond acceptors (Lipinski definition) is 4. The van der Waals surface area contributed by atoms with Gasteiger partial charge in [0.05, 0.1) is 6.20 Å². The minimum absolute atomic E-state index is 0.546. The summed E-state index contributed by atoms with van der Waals surface area (Å²) in [6, 6.07) is 3.99. The number of nitrogens with zero attached hydrogens (tertiary/aromatic N) is 5. The first-order chi connectivity index (χ1) is 10.4. The molecule has 0 atom stereocenters. The Morgan fingerprint density at radius 3 is 2.90 bits per heavy atom. The average molecular weight is 279 g/mol. The number of rotatable bonds is 2. The van der Waals surface area contributed by atoms with Crippen molar-refractivity contribution in [3.8, 4) is 11.3 Å². The lowest BCUT2D eigenvalue weighted by Crippen LogP contribution is -2.12. The number of hydrogen-bond donors (Lipinski definition) is 0. The minimum Gasteiger partial charge on any atom is -0.423 e. The number of imidazole rings is 1. The SMILES string of the molecule is c1cn2cc(-c3ccc4nnc(C5CCC5)n4c3)oc2n1. The molecule has 6 heteroatoms. The summed E-state index contributed by atoms with van der Waals surface area (Å²) in [6.07, 6.45) is 11.3. The van der Waals surface area contributed by atoms with Gasteiger partial charge in [-0.25, -0.2) is 4.98 Å². The number of fused-ring (bicyclic) bond motifs is 2. The molecule has 0 bridgehead atoms. The molecule has 1 aliphatic carbocycles. The van der Waals surface area contributed by atoms with Crippen LogP contribution < -0.4 is 0 Å². The molecule has 1 saturated carbocycles. The van der Waals surface area contributed by atoms with E-state index in [2.05, 4.69) is 25.8 Å². The fraction of sp³-hybridized carbons (Fsp3) is 0.267. The van der Waals surface area contributed by atoms with Gasteiger partial charge in [-0.05, 0) is 25.0 Å². The van der Waals surface area contributed by atoms with Crippen LogP contribution in [0.15, 0.2) is 41.3 Å². The molecule has 0 spiro atoms. The van der Waals surface area contributed by atoms with E-state index in [1.54, 1.807) is 6.20 Å². The Bertz CT molecular complexity index is 915. The molecule has 4 heterocycles. The van der Waals surface area contributed by atoms with Crippen LogP contribution in [0.5, 0.6) is 0 Å². The van der Waals surface area contributed by atoms with Crippen molar-refractivity contribution in [2.24, 2.45) is 0 Å². The van der Waals surface area contributed by atoms with Gasteiger partial charge in [0, 0.05) is 30.1 Å². The van der Waals surface area contributed by atoms with Gasteiger partial charge < -0.3 is 4.42 Å². The Labute approximate surface area is 120 Å². The molecule has 0 radical (unpaired) electrons. The quantitative estimate of drug-likeness (QED) is 0.566. The summed E-state index contributed by atoms with van der Waals surface area (Å²) < 4.78 is 9.72. The maximum absolute atomic E-state index is 5.76. The number of aromatic nitrogens is 5. The van der Waals surface area contributed by atoms with Crippen molar-refractivity contribution in [3.63, 3.8) is 0 Å². The zero-order valence-electron chi connectivity index (χ0n) is 11.3. The predicted octanol–water partition coefficient (Wildman–Crippen LogP) is 2.90. The Kier molecular flexibility index (Phi) is 2.08. The Hall–Kier alpha value is -2.63. The molecule has 0 aromatic carbocycles. The summed E-state index contributed by atoms with van der Waals surface area (Å²) in [5.41, 5.74) is 1.89. The molecule has 5 rings (SSSR count).